The fraction of sp³-hybridized carbons (Fsp3) is 0.790. The Hall–Kier alpha value is -2.17. The third kappa shape index (κ3) is 52.8. The molecule has 0 aliphatic carbocycles. The zero-order chi connectivity index (χ0) is 47.7. The number of aliphatic hydroxyl groups excluding tert-OH is 2. The molecule has 0 aromatic rings. The fourth-order valence-corrected chi connectivity index (χ4v) is 8.80. The maximum atomic E-state index is 12.5. The lowest BCUT2D eigenvalue weighted by Crippen LogP contribution is -2.45. The molecule has 0 spiro atoms. The number of unbranched alkanes of at least 4 members (excludes halogenated alkanes) is 36. The van der Waals surface area contributed by atoms with Gasteiger partial charge in [-0.15, -0.1) is 0 Å². The summed E-state index contributed by atoms with van der Waals surface area (Å²) >= 11 is 0. The molecule has 0 saturated carbocycles. The van der Waals surface area contributed by atoms with E-state index in [1.807, 2.05) is 6.08 Å². The van der Waals surface area contributed by atoms with Gasteiger partial charge in [0.1, 0.15) is 0 Å². The minimum atomic E-state index is -0.853. The molecule has 1 amide bonds. The van der Waals surface area contributed by atoms with Crippen LogP contribution < -0.4 is 5.32 Å². The minimum Gasteiger partial charge on any atom is -0.394 e. The van der Waals surface area contributed by atoms with E-state index in [0.29, 0.717) is 6.42 Å². The first-order valence-corrected chi connectivity index (χ1v) is 29.2. The molecule has 0 saturated heterocycles. The molecular weight excluding hydrogens is 807 g/mol. The van der Waals surface area contributed by atoms with E-state index >= 15 is 0 Å². The van der Waals surface area contributed by atoms with E-state index in [4.69, 9.17) is 0 Å². The van der Waals surface area contributed by atoms with E-state index in [1.54, 1.807) is 6.08 Å². The lowest BCUT2D eigenvalue weighted by atomic mass is 10.0. The number of hydrogen-bond acceptors (Lipinski definition) is 3. The lowest BCUT2D eigenvalue weighted by molar-refractivity contribution is -0.123. The lowest BCUT2D eigenvalue weighted by Gasteiger charge is -2.20. The van der Waals surface area contributed by atoms with Gasteiger partial charge in [-0.1, -0.05) is 299 Å². The van der Waals surface area contributed by atoms with Crippen molar-refractivity contribution in [3.8, 4) is 0 Å². The number of carbonyl (C=O) groups is 1. The third-order valence-electron chi connectivity index (χ3n) is 13.2. The second kappa shape index (κ2) is 57.1. The summed E-state index contributed by atoms with van der Waals surface area (Å²) in [5, 5.41) is 23.2. The van der Waals surface area contributed by atoms with Gasteiger partial charge in [0.15, 0.2) is 0 Å². The molecule has 0 aliphatic rings. The van der Waals surface area contributed by atoms with E-state index in [1.165, 1.54) is 205 Å². The van der Waals surface area contributed by atoms with E-state index in [-0.39, 0.29) is 12.5 Å². The molecule has 0 radical (unpaired) electrons. The summed E-state index contributed by atoms with van der Waals surface area (Å²) in [6.07, 6.45) is 82.2. The van der Waals surface area contributed by atoms with Crippen LogP contribution in [0, 0.1) is 0 Å². The number of allylic oxidation sites excluding steroid dienone is 11. The Kier molecular flexibility index (Phi) is 55.3. The molecule has 4 nitrogen and oxygen atoms in total. The van der Waals surface area contributed by atoms with Gasteiger partial charge in [-0.2, -0.15) is 0 Å². The van der Waals surface area contributed by atoms with Crippen molar-refractivity contribution in [2.75, 3.05) is 6.61 Å². The summed E-state index contributed by atoms with van der Waals surface area (Å²) in [7, 11) is 0. The van der Waals surface area contributed by atoms with Crippen molar-refractivity contribution in [3.05, 3.63) is 72.9 Å². The Balaban J connectivity index is 3.50. The SMILES string of the molecule is CC/C=C\C/C=C\C/C=C\C/C=C\C/C=C\CCCCCCCC(=O)NC(CO)C(O)/C=C/CCCCCCCCCCCCCCCCCCCCCCCCCCCCCCCCC. The number of hydrogen-bond donors (Lipinski definition) is 3. The van der Waals surface area contributed by atoms with Gasteiger partial charge in [0, 0.05) is 6.42 Å². The van der Waals surface area contributed by atoms with E-state index in [0.717, 1.165) is 70.6 Å². The molecule has 3 N–H and O–H groups in total. The summed E-state index contributed by atoms with van der Waals surface area (Å²) in [5.41, 5.74) is 0. The number of carbonyl (C=O) groups excluding carboxylic acids is 1. The van der Waals surface area contributed by atoms with Gasteiger partial charge in [-0.25, -0.2) is 0 Å². The van der Waals surface area contributed by atoms with Crippen LogP contribution in [0.1, 0.15) is 296 Å². The Morgan fingerprint density at radius 1 is 0.379 bits per heavy atom. The first kappa shape index (κ1) is 63.8. The molecule has 2 atom stereocenters. The summed E-state index contributed by atoms with van der Waals surface area (Å²) in [5.74, 6) is -0.0820. The van der Waals surface area contributed by atoms with Crippen LogP contribution in [0.4, 0.5) is 0 Å². The number of aliphatic hydroxyl groups is 2. The molecule has 0 aromatic carbocycles. The van der Waals surface area contributed by atoms with Crippen LogP contribution in [-0.4, -0.2) is 34.9 Å². The van der Waals surface area contributed by atoms with Crippen molar-refractivity contribution in [2.24, 2.45) is 0 Å². The second-order valence-corrected chi connectivity index (χ2v) is 19.7. The molecule has 0 heterocycles. The predicted octanol–water partition coefficient (Wildman–Crippen LogP) is 19.4. The average Bonchev–Trinajstić information content (AvgIpc) is 3.32. The Morgan fingerprint density at radius 2 is 0.667 bits per heavy atom. The summed E-state index contributed by atoms with van der Waals surface area (Å²) in [4.78, 5) is 12.5. The van der Waals surface area contributed by atoms with E-state index < -0.39 is 12.1 Å². The molecule has 66 heavy (non-hydrogen) atoms. The van der Waals surface area contributed by atoms with Crippen molar-refractivity contribution >= 4 is 5.91 Å². The predicted molar refractivity (Wildman–Crippen MR) is 294 cm³/mol. The van der Waals surface area contributed by atoms with Crippen LogP contribution in [0.2, 0.25) is 0 Å². The molecule has 2 unspecified atom stereocenters. The largest absolute Gasteiger partial charge is 0.394 e. The number of rotatable bonds is 53. The van der Waals surface area contributed by atoms with Gasteiger partial charge >= 0.3 is 0 Å². The summed E-state index contributed by atoms with van der Waals surface area (Å²) in [6, 6.07) is -0.638. The third-order valence-corrected chi connectivity index (χ3v) is 13.2. The Labute approximate surface area is 412 Å². The van der Waals surface area contributed by atoms with E-state index in [9.17, 15) is 15.0 Å². The Morgan fingerprint density at radius 3 is 1.00 bits per heavy atom. The first-order chi connectivity index (χ1) is 32.7. The highest BCUT2D eigenvalue weighted by Crippen LogP contribution is 2.17. The summed E-state index contributed by atoms with van der Waals surface area (Å²) in [6.45, 7) is 4.21. The molecule has 0 rings (SSSR count). The van der Waals surface area contributed by atoms with Crippen LogP contribution in [-0.2, 0) is 4.79 Å². The fourth-order valence-electron chi connectivity index (χ4n) is 8.80. The zero-order valence-electron chi connectivity index (χ0n) is 44.2. The number of amides is 1. The summed E-state index contributed by atoms with van der Waals surface area (Å²) < 4.78 is 0. The van der Waals surface area contributed by atoms with Crippen LogP contribution in [0.25, 0.3) is 0 Å². The quantitative estimate of drug-likeness (QED) is 0.0421. The first-order valence-electron chi connectivity index (χ1n) is 29.2. The molecule has 0 fully saturated rings. The normalized spacial score (nSPS) is 13.3. The molecular formula is C62H113NO3. The van der Waals surface area contributed by atoms with Crippen LogP contribution in [0.3, 0.4) is 0 Å². The van der Waals surface area contributed by atoms with Crippen LogP contribution in [0.15, 0.2) is 72.9 Å². The highest BCUT2D eigenvalue weighted by Gasteiger charge is 2.18. The number of nitrogens with one attached hydrogen (secondary N) is 1. The maximum Gasteiger partial charge on any atom is 0.220 e. The molecule has 384 valence electrons. The second-order valence-electron chi connectivity index (χ2n) is 19.7. The Bertz CT molecular complexity index is 1130. The van der Waals surface area contributed by atoms with Gasteiger partial charge < -0.3 is 15.5 Å². The van der Waals surface area contributed by atoms with Crippen LogP contribution in [0.5, 0.6) is 0 Å². The van der Waals surface area contributed by atoms with Gasteiger partial charge in [0.2, 0.25) is 5.91 Å². The highest BCUT2D eigenvalue weighted by atomic mass is 16.3. The smallest absolute Gasteiger partial charge is 0.220 e. The van der Waals surface area contributed by atoms with Gasteiger partial charge in [0.05, 0.1) is 18.8 Å². The zero-order valence-corrected chi connectivity index (χ0v) is 44.2. The van der Waals surface area contributed by atoms with Crippen molar-refractivity contribution in [3.63, 3.8) is 0 Å². The topological polar surface area (TPSA) is 69.6 Å². The minimum absolute atomic E-state index is 0.0820. The standard InChI is InChI=1S/C62H113NO3/c1-3-5-7-9-11-13-15-17-19-21-23-25-26-27-28-29-30-31-32-33-34-35-36-38-39-41-43-45-47-49-51-53-55-57-61(65)60(59-64)63-62(66)58-56-54-52-50-48-46-44-42-40-37-24-22-20-18-16-14-12-10-8-6-4-2/h6,8,12,14,18,20,24,37,42,44,55,57,60-61,64-65H,3-5,7,9-11,13,15-17,19,21-23,25-36,38-41,43,45-54,56,58-59H2,1-2H3,(H,63,66)/b8-6-,14-12-,20-18-,37-24-,44-42-,57-55+. The van der Waals surface area contributed by atoms with Crippen molar-refractivity contribution in [1.29, 1.82) is 0 Å². The van der Waals surface area contributed by atoms with Crippen LogP contribution >= 0.6 is 0 Å². The molecule has 0 bridgehead atoms. The highest BCUT2D eigenvalue weighted by molar-refractivity contribution is 5.76. The van der Waals surface area contributed by atoms with Gasteiger partial charge in [-0.05, 0) is 64.2 Å². The van der Waals surface area contributed by atoms with E-state index in [2.05, 4.69) is 79.9 Å². The molecule has 4 heteroatoms. The monoisotopic (exact) mass is 920 g/mol. The molecule has 0 aliphatic heterocycles. The van der Waals surface area contributed by atoms with Gasteiger partial charge in [0.25, 0.3) is 0 Å². The van der Waals surface area contributed by atoms with Crippen molar-refractivity contribution in [1.82, 2.24) is 5.32 Å². The van der Waals surface area contributed by atoms with Crippen molar-refractivity contribution < 1.29 is 15.0 Å². The maximum absolute atomic E-state index is 12.5. The van der Waals surface area contributed by atoms with Crippen molar-refractivity contribution in [2.45, 2.75) is 309 Å². The average molecular weight is 921 g/mol. The molecule has 0 aromatic heterocycles. The van der Waals surface area contributed by atoms with Gasteiger partial charge in [-0.3, -0.25) is 4.79 Å².